The predicted octanol–water partition coefficient (Wildman–Crippen LogP) is 1.43. The highest BCUT2D eigenvalue weighted by atomic mass is 16.4. The molecule has 0 aliphatic rings. The first-order valence-electron chi connectivity index (χ1n) is 18.1. The van der Waals surface area contributed by atoms with Gasteiger partial charge in [0.1, 0.15) is 30.2 Å². The molecule has 0 saturated carbocycles. The highest BCUT2D eigenvalue weighted by molar-refractivity contribution is 5.98. The van der Waals surface area contributed by atoms with Crippen LogP contribution in [-0.2, 0) is 38.4 Å². The first kappa shape index (κ1) is 45.4. The van der Waals surface area contributed by atoms with E-state index in [1.54, 1.807) is 41.5 Å². The molecule has 0 radical (unpaired) electrons. The van der Waals surface area contributed by atoms with Gasteiger partial charge in [-0.3, -0.25) is 33.6 Å². The standard InChI is InChI=1S/C39H54N6O10/c1-21(2)17-29(39(54)55)43-36(51)28(20-32(48)49)41-35(50)27(19-30(40)46)42-37(52)34(23(5)6)45-38(53)33(22(3)4)44-31(47)18-26(24-13-9-7-10-14-24)25-15-11-8-12-16-25/h7-16,21-23,26-29,33-34H,17-20H2,1-6H3,(H2,40,46)(H,41,50)(H,42,52)(H,43,51)(H,44,47)(H,45,53)(H,48,49)(H,54,55)/t27-,28-,29-,33-,34-/m0/s1. The first-order chi connectivity index (χ1) is 25.8. The Morgan fingerprint density at radius 3 is 1.38 bits per heavy atom. The summed E-state index contributed by atoms with van der Waals surface area (Å²) in [6.07, 6.45) is -1.68. The molecule has 2 aromatic carbocycles. The third-order valence-corrected chi connectivity index (χ3v) is 8.68. The summed E-state index contributed by atoms with van der Waals surface area (Å²) in [4.78, 5) is 102. The number of rotatable bonds is 22. The number of primary amides is 1. The lowest BCUT2D eigenvalue weighted by molar-refractivity contribution is -0.144. The van der Waals surface area contributed by atoms with Crippen molar-refractivity contribution in [2.75, 3.05) is 0 Å². The molecule has 2 aromatic rings. The second-order valence-corrected chi connectivity index (χ2v) is 14.5. The summed E-state index contributed by atoms with van der Waals surface area (Å²) in [5, 5.41) is 31.1. The molecular weight excluding hydrogens is 712 g/mol. The van der Waals surface area contributed by atoms with Crippen molar-refractivity contribution in [3.8, 4) is 0 Å². The van der Waals surface area contributed by atoms with Crippen molar-refractivity contribution in [3.63, 3.8) is 0 Å². The van der Waals surface area contributed by atoms with Gasteiger partial charge in [-0.05, 0) is 35.3 Å². The van der Waals surface area contributed by atoms with Crippen LogP contribution >= 0.6 is 0 Å². The molecule has 55 heavy (non-hydrogen) atoms. The van der Waals surface area contributed by atoms with Crippen molar-refractivity contribution >= 4 is 47.4 Å². The Morgan fingerprint density at radius 2 is 0.964 bits per heavy atom. The van der Waals surface area contributed by atoms with Crippen LogP contribution in [0.3, 0.4) is 0 Å². The van der Waals surface area contributed by atoms with Crippen LogP contribution in [0.25, 0.3) is 0 Å². The van der Waals surface area contributed by atoms with Gasteiger partial charge in [0.05, 0.1) is 12.8 Å². The maximum Gasteiger partial charge on any atom is 0.326 e. The SMILES string of the molecule is CC(C)C[C@H](NC(=O)[C@H](CC(=O)O)NC(=O)[C@H](CC(N)=O)NC(=O)[C@@H](NC(=O)[C@@H](NC(=O)CC(c1ccccc1)c1ccccc1)C(C)C)C(C)C)C(=O)O. The van der Waals surface area contributed by atoms with Gasteiger partial charge in [-0.25, -0.2) is 4.79 Å². The molecule has 0 unspecified atom stereocenters. The highest BCUT2D eigenvalue weighted by Crippen LogP contribution is 2.28. The summed E-state index contributed by atoms with van der Waals surface area (Å²) in [6.45, 7) is 10.1. The average Bonchev–Trinajstić information content (AvgIpc) is 3.10. The molecule has 16 nitrogen and oxygen atoms in total. The minimum atomic E-state index is -1.79. The Bertz CT molecular complexity index is 1610. The molecular formula is C39H54N6O10. The summed E-state index contributed by atoms with van der Waals surface area (Å²) in [7, 11) is 0. The smallest absolute Gasteiger partial charge is 0.326 e. The van der Waals surface area contributed by atoms with E-state index in [0.717, 1.165) is 11.1 Å². The van der Waals surface area contributed by atoms with Gasteiger partial charge >= 0.3 is 11.9 Å². The molecule has 0 saturated heterocycles. The zero-order valence-electron chi connectivity index (χ0n) is 32.0. The zero-order chi connectivity index (χ0) is 41.4. The van der Waals surface area contributed by atoms with Crippen LogP contribution in [0.2, 0.25) is 0 Å². The number of aliphatic carboxylic acids is 2. The van der Waals surface area contributed by atoms with Gasteiger partial charge in [-0.15, -0.1) is 0 Å². The number of carbonyl (C=O) groups is 8. The molecule has 2 rings (SSSR count). The Morgan fingerprint density at radius 1 is 0.545 bits per heavy atom. The van der Waals surface area contributed by atoms with E-state index in [4.69, 9.17) is 5.73 Å². The van der Waals surface area contributed by atoms with Crippen LogP contribution in [-0.4, -0.2) is 87.8 Å². The lowest BCUT2D eigenvalue weighted by atomic mass is 9.88. The average molecular weight is 767 g/mol. The molecule has 6 amide bonds. The van der Waals surface area contributed by atoms with Crippen molar-refractivity contribution < 1.29 is 48.6 Å². The Labute approximate surface area is 320 Å². The van der Waals surface area contributed by atoms with Crippen LogP contribution in [0.1, 0.15) is 84.3 Å². The molecule has 16 heteroatoms. The molecule has 300 valence electrons. The van der Waals surface area contributed by atoms with Crippen molar-refractivity contribution in [2.24, 2.45) is 23.5 Å². The number of nitrogens with two attached hydrogens (primary N) is 1. The molecule has 0 bridgehead atoms. The van der Waals surface area contributed by atoms with E-state index in [-0.39, 0.29) is 24.7 Å². The molecule has 0 aliphatic heterocycles. The van der Waals surface area contributed by atoms with Crippen molar-refractivity contribution in [1.82, 2.24) is 26.6 Å². The molecule has 5 atom stereocenters. The summed E-state index contributed by atoms with van der Waals surface area (Å²) in [5.41, 5.74) is 7.17. The quantitative estimate of drug-likeness (QED) is 0.0855. The number of carboxylic acids is 2. The number of hydrogen-bond donors (Lipinski definition) is 8. The highest BCUT2D eigenvalue weighted by Gasteiger charge is 2.35. The van der Waals surface area contributed by atoms with Gasteiger partial charge < -0.3 is 42.5 Å². The molecule has 0 heterocycles. The number of carbonyl (C=O) groups excluding carboxylic acids is 6. The third kappa shape index (κ3) is 15.2. The van der Waals surface area contributed by atoms with E-state index in [9.17, 15) is 48.6 Å². The fourth-order valence-electron chi connectivity index (χ4n) is 5.82. The van der Waals surface area contributed by atoms with E-state index < -0.39 is 102 Å². The lowest BCUT2D eigenvalue weighted by Gasteiger charge is -2.29. The van der Waals surface area contributed by atoms with E-state index in [2.05, 4.69) is 26.6 Å². The van der Waals surface area contributed by atoms with Gasteiger partial charge in [0.2, 0.25) is 35.4 Å². The summed E-state index contributed by atoms with van der Waals surface area (Å²) >= 11 is 0. The number of hydrogen-bond acceptors (Lipinski definition) is 8. The largest absolute Gasteiger partial charge is 0.481 e. The monoisotopic (exact) mass is 766 g/mol. The molecule has 9 N–H and O–H groups in total. The van der Waals surface area contributed by atoms with E-state index in [0.29, 0.717) is 0 Å². The predicted molar refractivity (Wildman–Crippen MR) is 202 cm³/mol. The van der Waals surface area contributed by atoms with E-state index in [1.807, 2.05) is 60.7 Å². The van der Waals surface area contributed by atoms with Gasteiger partial charge in [-0.1, -0.05) is 102 Å². The van der Waals surface area contributed by atoms with Gasteiger partial charge in [0.25, 0.3) is 0 Å². The van der Waals surface area contributed by atoms with Gasteiger partial charge in [0.15, 0.2) is 0 Å². The Balaban J connectivity index is 2.25. The first-order valence-corrected chi connectivity index (χ1v) is 18.1. The Kier molecular flexibility index (Phi) is 18.0. The molecule has 0 aliphatic carbocycles. The van der Waals surface area contributed by atoms with Crippen molar-refractivity contribution in [3.05, 3.63) is 71.8 Å². The van der Waals surface area contributed by atoms with E-state index >= 15 is 0 Å². The topological polar surface area (TPSA) is 263 Å². The lowest BCUT2D eigenvalue weighted by Crippen LogP contribution is -2.61. The third-order valence-electron chi connectivity index (χ3n) is 8.68. The summed E-state index contributed by atoms with van der Waals surface area (Å²) < 4.78 is 0. The second kappa shape index (κ2) is 21.8. The van der Waals surface area contributed by atoms with Crippen molar-refractivity contribution in [2.45, 2.75) is 103 Å². The maximum atomic E-state index is 13.7. The molecule has 0 spiro atoms. The van der Waals surface area contributed by atoms with E-state index in [1.165, 1.54) is 0 Å². The second-order valence-electron chi connectivity index (χ2n) is 14.5. The van der Waals surface area contributed by atoms with Crippen molar-refractivity contribution in [1.29, 1.82) is 0 Å². The summed E-state index contributed by atoms with van der Waals surface area (Å²) in [6, 6.07) is 11.7. The fourth-order valence-corrected chi connectivity index (χ4v) is 5.82. The van der Waals surface area contributed by atoms with Crippen LogP contribution in [0.15, 0.2) is 60.7 Å². The minimum absolute atomic E-state index is 0.0146. The van der Waals surface area contributed by atoms with Crippen LogP contribution in [0.4, 0.5) is 0 Å². The number of amides is 6. The number of carboxylic acid groups (broad SMARTS) is 2. The normalized spacial score (nSPS) is 13.9. The summed E-state index contributed by atoms with van der Waals surface area (Å²) in [5.74, 6) is -9.62. The molecule has 0 aromatic heterocycles. The van der Waals surface area contributed by atoms with Gasteiger partial charge in [-0.2, -0.15) is 0 Å². The number of benzene rings is 2. The maximum absolute atomic E-state index is 13.7. The van der Waals surface area contributed by atoms with Gasteiger partial charge in [0, 0.05) is 12.3 Å². The Hall–Kier alpha value is -5.80. The van der Waals surface area contributed by atoms with Crippen LogP contribution < -0.4 is 32.3 Å². The van der Waals surface area contributed by atoms with Crippen LogP contribution in [0.5, 0.6) is 0 Å². The minimum Gasteiger partial charge on any atom is -0.481 e. The van der Waals surface area contributed by atoms with Crippen LogP contribution in [0, 0.1) is 17.8 Å². The zero-order valence-corrected chi connectivity index (χ0v) is 32.0. The fraction of sp³-hybridized carbons (Fsp3) is 0.487. The number of nitrogens with one attached hydrogen (secondary N) is 5. The molecule has 0 fully saturated rings.